The minimum atomic E-state index is -3.77. The molecule has 1 aliphatic rings. The maximum atomic E-state index is 13.1. The Morgan fingerprint density at radius 3 is 2.68 bits per heavy atom. The molecule has 138 valence electrons. The monoisotopic (exact) mass is 368 g/mol. The highest BCUT2D eigenvalue weighted by Crippen LogP contribution is 2.29. The number of hydrogen-bond acceptors (Lipinski definition) is 5. The first-order valence-corrected chi connectivity index (χ1v) is 9.66. The predicted molar refractivity (Wildman–Crippen MR) is 93.6 cm³/mol. The zero-order chi connectivity index (χ0) is 18.6. The zero-order valence-corrected chi connectivity index (χ0v) is 15.6. The number of carbonyl (C=O) groups is 2. The van der Waals surface area contributed by atoms with Crippen LogP contribution < -0.4 is 5.32 Å². The van der Waals surface area contributed by atoms with E-state index in [0.29, 0.717) is 18.7 Å². The number of sulfonamides is 1. The number of ether oxygens (including phenoxy) is 1. The lowest BCUT2D eigenvalue weighted by molar-refractivity contribution is -0.141. The van der Waals surface area contributed by atoms with Gasteiger partial charge < -0.3 is 10.1 Å². The van der Waals surface area contributed by atoms with Crippen LogP contribution in [0.25, 0.3) is 0 Å². The number of nitrogens with one attached hydrogen (secondary N) is 1. The Kier molecular flexibility index (Phi) is 6.18. The minimum Gasteiger partial charge on any atom is -0.469 e. The van der Waals surface area contributed by atoms with Gasteiger partial charge in [-0.25, -0.2) is 8.42 Å². The van der Waals surface area contributed by atoms with Gasteiger partial charge in [-0.05, 0) is 37.5 Å². The fourth-order valence-corrected chi connectivity index (χ4v) is 4.71. The second-order valence-electron chi connectivity index (χ2n) is 6.20. The first kappa shape index (κ1) is 19.4. The third-order valence-electron chi connectivity index (χ3n) is 4.33. The molecule has 1 aliphatic heterocycles. The van der Waals surface area contributed by atoms with Crippen molar-refractivity contribution in [2.24, 2.45) is 0 Å². The first-order valence-electron chi connectivity index (χ1n) is 8.22. The summed E-state index contributed by atoms with van der Waals surface area (Å²) < 4.78 is 32.2. The lowest BCUT2D eigenvalue weighted by Crippen LogP contribution is -2.44. The maximum Gasteiger partial charge on any atom is 0.307 e. The molecule has 0 radical (unpaired) electrons. The number of hydrogen-bond donors (Lipinski definition) is 1. The van der Waals surface area contributed by atoms with Crippen LogP contribution in [0, 0.1) is 6.92 Å². The van der Waals surface area contributed by atoms with E-state index in [1.807, 2.05) is 0 Å². The molecule has 1 aromatic carbocycles. The third kappa shape index (κ3) is 4.58. The SMILES string of the molecule is COC(=O)CC1CCCCN1S(=O)(=O)c1ccc(C)c(NC(C)=O)c1. The molecule has 8 heteroatoms. The molecule has 1 aromatic rings. The molecule has 0 saturated carbocycles. The van der Waals surface area contributed by atoms with E-state index in [0.717, 1.165) is 18.4 Å². The molecule has 2 rings (SSSR count). The molecule has 1 atom stereocenters. The second kappa shape index (κ2) is 7.97. The van der Waals surface area contributed by atoms with Crippen molar-refractivity contribution in [3.8, 4) is 0 Å². The predicted octanol–water partition coefficient (Wildman–Crippen LogP) is 2.06. The molecule has 1 heterocycles. The molecule has 1 fully saturated rings. The third-order valence-corrected chi connectivity index (χ3v) is 6.28. The van der Waals surface area contributed by atoms with Gasteiger partial charge in [0.1, 0.15) is 0 Å². The van der Waals surface area contributed by atoms with E-state index in [9.17, 15) is 18.0 Å². The number of rotatable bonds is 5. The van der Waals surface area contributed by atoms with Gasteiger partial charge in [0.05, 0.1) is 18.4 Å². The summed E-state index contributed by atoms with van der Waals surface area (Å²) in [6, 6.07) is 4.25. The largest absolute Gasteiger partial charge is 0.469 e. The molecule has 1 amide bonds. The average Bonchev–Trinajstić information content (AvgIpc) is 2.56. The highest BCUT2D eigenvalue weighted by Gasteiger charge is 2.35. The van der Waals surface area contributed by atoms with E-state index in [1.54, 1.807) is 13.0 Å². The average molecular weight is 368 g/mol. The van der Waals surface area contributed by atoms with Gasteiger partial charge in [-0.3, -0.25) is 9.59 Å². The molecule has 1 N–H and O–H groups in total. The van der Waals surface area contributed by atoms with Crippen LogP contribution >= 0.6 is 0 Å². The summed E-state index contributed by atoms with van der Waals surface area (Å²) in [6.45, 7) is 3.54. The normalized spacial score (nSPS) is 18.6. The molecule has 0 spiro atoms. The van der Waals surface area contributed by atoms with Gasteiger partial charge >= 0.3 is 5.97 Å². The van der Waals surface area contributed by atoms with Gasteiger partial charge in [-0.1, -0.05) is 12.5 Å². The van der Waals surface area contributed by atoms with Crippen molar-refractivity contribution in [2.45, 2.75) is 50.5 Å². The van der Waals surface area contributed by atoms with Crippen molar-refractivity contribution in [1.29, 1.82) is 0 Å². The Morgan fingerprint density at radius 1 is 1.32 bits per heavy atom. The Bertz CT molecular complexity index is 760. The Hall–Kier alpha value is -1.93. The number of benzene rings is 1. The summed E-state index contributed by atoms with van der Waals surface area (Å²) in [7, 11) is -2.47. The number of esters is 1. The highest BCUT2D eigenvalue weighted by atomic mass is 32.2. The van der Waals surface area contributed by atoms with Crippen LogP contribution in [0.2, 0.25) is 0 Å². The fraction of sp³-hybridized carbons (Fsp3) is 0.529. The molecular formula is C17H24N2O5S. The molecule has 7 nitrogen and oxygen atoms in total. The van der Waals surface area contributed by atoms with Crippen LogP contribution in [0.3, 0.4) is 0 Å². The summed E-state index contributed by atoms with van der Waals surface area (Å²) in [5, 5.41) is 2.65. The van der Waals surface area contributed by atoms with Crippen molar-refractivity contribution in [2.75, 3.05) is 19.0 Å². The number of carbonyl (C=O) groups excluding carboxylic acids is 2. The Balaban J connectivity index is 2.35. The van der Waals surface area contributed by atoms with E-state index in [2.05, 4.69) is 5.32 Å². The van der Waals surface area contributed by atoms with Crippen molar-refractivity contribution < 1.29 is 22.7 Å². The van der Waals surface area contributed by atoms with E-state index in [1.165, 1.54) is 30.5 Å². The van der Waals surface area contributed by atoms with Gasteiger partial charge in [0.2, 0.25) is 15.9 Å². The topological polar surface area (TPSA) is 92.8 Å². The summed E-state index contributed by atoms with van der Waals surface area (Å²) in [6.07, 6.45) is 2.29. The summed E-state index contributed by atoms with van der Waals surface area (Å²) in [4.78, 5) is 23.0. The van der Waals surface area contributed by atoms with Crippen molar-refractivity contribution in [3.63, 3.8) is 0 Å². The number of aryl methyl sites for hydroxylation is 1. The Morgan fingerprint density at radius 2 is 2.04 bits per heavy atom. The lowest BCUT2D eigenvalue weighted by Gasteiger charge is -2.34. The van der Waals surface area contributed by atoms with E-state index >= 15 is 0 Å². The van der Waals surface area contributed by atoms with Gasteiger partial charge in [-0.15, -0.1) is 0 Å². The smallest absolute Gasteiger partial charge is 0.307 e. The number of amides is 1. The van der Waals surface area contributed by atoms with Crippen LogP contribution in [0.15, 0.2) is 23.1 Å². The van der Waals surface area contributed by atoms with E-state index in [4.69, 9.17) is 4.74 Å². The summed E-state index contributed by atoms with van der Waals surface area (Å²) >= 11 is 0. The standard InChI is InChI=1S/C17H24N2O5S/c1-12-7-8-15(11-16(12)18-13(2)20)25(22,23)19-9-5-4-6-14(19)10-17(21)24-3/h7-8,11,14H,4-6,9-10H2,1-3H3,(H,18,20). The maximum absolute atomic E-state index is 13.1. The van der Waals surface area contributed by atoms with Gasteiger partial charge in [-0.2, -0.15) is 4.31 Å². The summed E-state index contributed by atoms with van der Waals surface area (Å²) in [5.41, 5.74) is 1.24. The molecule has 0 aliphatic carbocycles. The number of nitrogens with zero attached hydrogens (tertiary/aromatic N) is 1. The minimum absolute atomic E-state index is 0.0418. The van der Waals surface area contributed by atoms with Crippen molar-refractivity contribution >= 4 is 27.6 Å². The van der Waals surface area contributed by atoms with Gasteiger partial charge in [0, 0.05) is 25.2 Å². The van der Waals surface area contributed by atoms with Crippen molar-refractivity contribution in [3.05, 3.63) is 23.8 Å². The van der Waals surface area contributed by atoms with Crippen LogP contribution in [-0.2, 0) is 24.3 Å². The first-order chi connectivity index (χ1) is 11.8. The van der Waals surface area contributed by atoms with Crippen molar-refractivity contribution in [1.82, 2.24) is 4.31 Å². The molecule has 1 saturated heterocycles. The Labute approximate surface area is 148 Å². The van der Waals surface area contributed by atoms with Gasteiger partial charge in [0.15, 0.2) is 0 Å². The number of piperidine rings is 1. The molecule has 0 bridgehead atoms. The second-order valence-corrected chi connectivity index (χ2v) is 8.09. The molecule has 1 unspecified atom stereocenters. The fourth-order valence-electron chi connectivity index (χ4n) is 2.99. The lowest BCUT2D eigenvalue weighted by atomic mass is 10.0. The van der Waals surface area contributed by atoms with Gasteiger partial charge in [0.25, 0.3) is 0 Å². The van der Waals surface area contributed by atoms with E-state index in [-0.39, 0.29) is 17.2 Å². The van der Waals surface area contributed by atoms with E-state index < -0.39 is 22.0 Å². The quantitative estimate of drug-likeness (QED) is 0.803. The molecule has 0 aromatic heterocycles. The molecule has 25 heavy (non-hydrogen) atoms. The number of methoxy groups -OCH3 is 1. The van der Waals surface area contributed by atoms with Crippen LogP contribution in [0.5, 0.6) is 0 Å². The summed E-state index contributed by atoms with van der Waals surface area (Å²) in [5.74, 6) is -0.686. The molecular weight excluding hydrogens is 344 g/mol. The van der Waals surface area contributed by atoms with Crippen LogP contribution in [0.1, 0.15) is 38.2 Å². The number of anilines is 1. The van der Waals surface area contributed by atoms with Crippen LogP contribution in [-0.4, -0.2) is 44.3 Å². The zero-order valence-electron chi connectivity index (χ0n) is 14.7. The van der Waals surface area contributed by atoms with Crippen LogP contribution in [0.4, 0.5) is 5.69 Å². The highest BCUT2D eigenvalue weighted by molar-refractivity contribution is 7.89.